The number of rotatable bonds is 4. The predicted octanol–water partition coefficient (Wildman–Crippen LogP) is 3.92. The molecule has 2 aromatic rings. The van der Waals surface area contributed by atoms with Crippen LogP contribution in [0, 0.1) is 0 Å². The van der Waals surface area contributed by atoms with Crippen LogP contribution in [-0.2, 0) is 18.4 Å². The number of benzene rings is 1. The standard InChI is InChI=1S/C14H15Cl2N3O.ClH/c15-10-4-2-9(8-11(10)16)3-5-12-18-13(19-20-12)14(17)6-1-7-14;/h2,4,8H,1,3,5-7,17H2;1H. The molecule has 0 radical (unpaired) electrons. The topological polar surface area (TPSA) is 64.9 Å². The highest BCUT2D eigenvalue weighted by atomic mass is 35.5. The molecule has 1 saturated carbocycles. The molecule has 0 atom stereocenters. The normalized spacial score (nSPS) is 16.1. The van der Waals surface area contributed by atoms with E-state index in [4.69, 9.17) is 33.5 Å². The third kappa shape index (κ3) is 3.51. The summed E-state index contributed by atoms with van der Waals surface area (Å²) in [5.74, 6) is 1.25. The molecule has 0 unspecified atom stereocenters. The molecule has 1 fully saturated rings. The zero-order chi connectivity index (χ0) is 14.2. The van der Waals surface area contributed by atoms with Crippen LogP contribution in [0.1, 0.15) is 36.5 Å². The van der Waals surface area contributed by atoms with Gasteiger partial charge in [-0.3, -0.25) is 0 Å². The molecule has 0 bridgehead atoms. The maximum Gasteiger partial charge on any atom is 0.227 e. The Bertz CT molecular complexity index is 626. The molecule has 4 nitrogen and oxygen atoms in total. The molecule has 1 aliphatic carbocycles. The summed E-state index contributed by atoms with van der Waals surface area (Å²) >= 11 is 11.9. The predicted molar refractivity (Wildman–Crippen MR) is 85.1 cm³/mol. The fourth-order valence-corrected chi connectivity index (χ4v) is 2.61. The van der Waals surface area contributed by atoms with Gasteiger partial charge < -0.3 is 10.3 Å². The largest absolute Gasteiger partial charge is 0.339 e. The summed E-state index contributed by atoms with van der Waals surface area (Å²) in [5.41, 5.74) is 6.88. The van der Waals surface area contributed by atoms with Gasteiger partial charge in [0, 0.05) is 6.42 Å². The van der Waals surface area contributed by atoms with Gasteiger partial charge in [0.15, 0.2) is 5.82 Å². The summed E-state index contributed by atoms with van der Waals surface area (Å²) in [7, 11) is 0. The Morgan fingerprint density at radius 1 is 1.19 bits per heavy atom. The highest BCUT2D eigenvalue weighted by Gasteiger charge is 2.38. The van der Waals surface area contributed by atoms with Gasteiger partial charge in [-0.15, -0.1) is 12.4 Å². The fraction of sp³-hybridized carbons (Fsp3) is 0.429. The van der Waals surface area contributed by atoms with Crippen molar-refractivity contribution >= 4 is 35.6 Å². The molecule has 114 valence electrons. The van der Waals surface area contributed by atoms with E-state index in [0.717, 1.165) is 31.2 Å². The van der Waals surface area contributed by atoms with Crippen molar-refractivity contribution in [2.45, 2.75) is 37.6 Å². The third-order valence-electron chi connectivity index (χ3n) is 3.77. The molecule has 0 amide bonds. The first-order valence-corrected chi connectivity index (χ1v) is 7.38. The molecular formula is C14H16Cl3N3O. The Balaban J connectivity index is 0.00000161. The number of hydrogen-bond acceptors (Lipinski definition) is 4. The van der Waals surface area contributed by atoms with E-state index in [1.807, 2.05) is 12.1 Å². The minimum absolute atomic E-state index is 0. The first-order valence-electron chi connectivity index (χ1n) is 6.63. The van der Waals surface area contributed by atoms with Gasteiger partial charge in [0.05, 0.1) is 15.6 Å². The number of nitrogens with two attached hydrogens (primary N) is 1. The van der Waals surface area contributed by atoms with Crippen LogP contribution in [0.2, 0.25) is 10.0 Å². The second-order valence-electron chi connectivity index (χ2n) is 5.27. The molecule has 7 heteroatoms. The quantitative estimate of drug-likeness (QED) is 0.909. The third-order valence-corrected chi connectivity index (χ3v) is 4.51. The summed E-state index contributed by atoms with van der Waals surface area (Å²) < 4.78 is 5.26. The summed E-state index contributed by atoms with van der Waals surface area (Å²) in [6, 6.07) is 5.60. The van der Waals surface area contributed by atoms with Gasteiger partial charge >= 0.3 is 0 Å². The van der Waals surface area contributed by atoms with Crippen molar-refractivity contribution in [3.63, 3.8) is 0 Å². The molecule has 1 aromatic heterocycles. The Morgan fingerprint density at radius 2 is 1.95 bits per heavy atom. The zero-order valence-electron chi connectivity index (χ0n) is 11.3. The average molecular weight is 349 g/mol. The molecule has 21 heavy (non-hydrogen) atoms. The Morgan fingerprint density at radius 3 is 2.57 bits per heavy atom. The molecule has 1 heterocycles. The molecule has 2 N–H and O–H groups in total. The first kappa shape index (κ1) is 16.6. The molecule has 0 aliphatic heterocycles. The van der Waals surface area contributed by atoms with Crippen molar-refractivity contribution in [2.24, 2.45) is 5.73 Å². The van der Waals surface area contributed by atoms with Crippen LogP contribution in [0.25, 0.3) is 0 Å². The Kier molecular flexibility index (Phi) is 5.15. The SMILES string of the molecule is Cl.NC1(c2noc(CCc3ccc(Cl)c(Cl)c3)n2)CCC1. The summed E-state index contributed by atoms with van der Waals surface area (Å²) in [6.45, 7) is 0. The van der Waals surface area contributed by atoms with E-state index in [9.17, 15) is 0 Å². The number of nitrogens with zero attached hydrogens (tertiary/aromatic N) is 2. The maximum atomic E-state index is 6.16. The van der Waals surface area contributed by atoms with Gasteiger partial charge in [0.1, 0.15) is 0 Å². The van der Waals surface area contributed by atoms with Crippen molar-refractivity contribution in [1.29, 1.82) is 0 Å². The van der Waals surface area contributed by atoms with Crippen LogP contribution in [0.15, 0.2) is 22.7 Å². The highest BCUT2D eigenvalue weighted by Crippen LogP contribution is 2.36. The molecule has 1 aromatic carbocycles. The number of aromatic nitrogens is 2. The maximum absolute atomic E-state index is 6.16. The first-order chi connectivity index (χ1) is 9.57. The molecule has 0 spiro atoms. The second-order valence-corrected chi connectivity index (χ2v) is 6.08. The molecule has 3 rings (SSSR count). The summed E-state index contributed by atoms with van der Waals surface area (Å²) in [6.07, 6.45) is 4.43. The van der Waals surface area contributed by atoms with E-state index < -0.39 is 0 Å². The minimum atomic E-state index is -0.370. The van der Waals surface area contributed by atoms with Crippen LogP contribution in [0.5, 0.6) is 0 Å². The zero-order valence-corrected chi connectivity index (χ0v) is 13.6. The van der Waals surface area contributed by atoms with E-state index in [1.54, 1.807) is 6.07 Å². The van der Waals surface area contributed by atoms with Crippen LogP contribution in [0.4, 0.5) is 0 Å². The van der Waals surface area contributed by atoms with Crippen molar-refractivity contribution in [3.8, 4) is 0 Å². The van der Waals surface area contributed by atoms with Crippen LogP contribution in [0.3, 0.4) is 0 Å². The van der Waals surface area contributed by atoms with Crippen LogP contribution in [-0.4, -0.2) is 10.1 Å². The molecule has 1 aliphatic rings. The highest BCUT2D eigenvalue weighted by molar-refractivity contribution is 6.42. The van der Waals surface area contributed by atoms with Crippen LogP contribution < -0.4 is 5.73 Å². The Labute approximate surface area is 139 Å². The number of aryl methyl sites for hydroxylation is 2. The van der Waals surface area contributed by atoms with Gasteiger partial charge in [-0.05, 0) is 43.4 Å². The van der Waals surface area contributed by atoms with E-state index in [1.165, 1.54) is 0 Å². The molecule has 0 saturated heterocycles. The summed E-state index contributed by atoms with van der Waals surface area (Å²) in [4.78, 5) is 4.40. The fourth-order valence-electron chi connectivity index (χ4n) is 2.29. The van der Waals surface area contributed by atoms with E-state index >= 15 is 0 Å². The van der Waals surface area contributed by atoms with Gasteiger partial charge in [-0.2, -0.15) is 4.98 Å². The lowest BCUT2D eigenvalue weighted by Gasteiger charge is -2.34. The lowest BCUT2D eigenvalue weighted by molar-refractivity contribution is 0.229. The number of halogens is 3. The lowest BCUT2D eigenvalue weighted by atomic mass is 9.77. The van der Waals surface area contributed by atoms with E-state index in [2.05, 4.69) is 10.1 Å². The van der Waals surface area contributed by atoms with Gasteiger partial charge in [-0.25, -0.2) is 0 Å². The second kappa shape index (κ2) is 6.53. The average Bonchev–Trinajstić information content (AvgIpc) is 2.86. The van der Waals surface area contributed by atoms with E-state index in [0.29, 0.717) is 28.2 Å². The number of hydrogen-bond donors (Lipinski definition) is 1. The van der Waals surface area contributed by atoms with E-state index in [-0.39, 0.29) is 17.9 Å². The smallest absolute Gasteiger partial charge is 0.227 e. The van der Waals surface area contributed by atoms with Crippen molar-refractivity contribution < 1.29 is 4.52 Å². The van der Waals surface area contributed by atoms with Crippen LogP contribution >= 0.6 is 35.6 Å². The van der Waals surface area contributed by atoms with Crippen molar-refractivity contribution in [1.82, 2.24) is 10.1 Å². The van der Waals surface area contributed by atoms with Gasteiger partial charge in [-0.1, -0.05) is 34.4 Å². The molecular weight excluding hydrogens is 333 g/mol. The Hall–Kier alpha value is -0.810. The summed E-state index contributed by atoms with van der Waals surface area (Å²) in [5, 5.41) is 5.12. The minimum Gasteiger partial charge on any atom is -0.339 e. The van der Waals surface area contributed by atoms with Crippen molar-refractivity contribution in [3.05, 3.63) is 45.5 Å². The van der Waals surface area contributed by atoms with Gasteiger partial charge in [0.25, 0.3) is 0 Å². The monoisotopic (exact) mass is 347 g/mol. The van der Waals surface area contributed by atoms with Crippen molar-refractivity contribution in [2.75, 3.05) is 0 Å². The van der Waals surface area contributed by atoms with Gasteiger partial charge in [0.2, 0.25) is 5.89 Å². The lowest BCUT2D eigenvalue weighted by Crippen LogP contribution is -2.44.